The first-order chi connectivity index (χ1) is 13.2. The molecule has 1 aromatic carbocycles. The zero-order valence-electron chi connectivity index (χ0n) is 14.3. The van der Waals surface area contributed by atoms with Crippen LogP contribution in [0, 0.1) is 0 Å². The van der Waals surface area contributed by atoms with E-state index in [9.17, 15) is 9.59 Å². The van der Waals surface area contributed by atoms with Gasteiger partial charge in [0.1, 0.15) is 6.54 Å². The van der Waals surface area contributed by atoms with Crippen molar-refractivity contribution in [3.63, 3.8) is 0 Å². The number of hydrogen-bond donors (Lipinski definition) is 1. The molecule has 7 heteroatoms. The number of fused-ring (bicyclic) bond motifs is 1. The van der Waals surface area contributed by atoms with Gasteiger partial charge in [0.2, 0.25) is 5.91 Å². The molecule has 0 aliphatic rings. The number of benzene rings is 1. The van der Waals surface area contributed by atoms with E-state index in [0.717, 1.165) is 16.8 Å². The zero-order valence-corrected chi connectivity index (χ0v) is 14.3. The van der Waals surface area contributed by atoms with Crippen molar-refractivity contribution >= 4 is 17.0 Å². The van der Waals surface area contributed by atoms with E-state index in [4.69, 9.17) is 4.42 Å². The summed E-state index contributed by atoms with van der Waals surface area (Å²) in [6.45, 7) is 0.232. The molecule has 0 fully saturated rings. The number of carbonyl (C=O) groups is 1. The third-order valence-electron chi connectivity index (χ3n) is 4.15. The van der Waals surface area contributed by atoms with Gasteiger partial charge in [-0.2, -0.15) is 0 Å². The number of nitrogens with zero attached hydrogens (tertiary/aromatic N) is 3. The number of rotatable bonds is 5. The molecule has 0 atom stereocenters. The van der Waals surface area contributed by atoms with E-state index in [1.165, 1.54) is 4.57 Å². The Morgan fingerprint density at radius 1 is 1.11 bits per heavy atom. The number of amides is 1. The van der Waals surface area contributed by atoms with Crippen LogP contribution in [-0.4, -0.2) is 20.4 Å². The SMILES string of the molecule is O=C(Cn1c(=O)oc2ccccc21)NCc1ccnc(-c2cccnc2)c1. The number of hydrogen-bond acceptors (Lipinski definition) is 5. The minimum Gasteiger partial charge on any atom is -0.408 e. The molecule has 0 unspecified atom stereocenters. The van der Waals surface area contributed by atoms with Crippen LogP contribution in [0.4, 0.5) is 0 Å². The molecule has 4 aromatic rings. The molecular formula is C20H16N4O3. The lowest BCUT2D eigenvalue weighted by atomic mass is 10.1. The van der Waals surface area contributed by atoms with E-state index in [1.54, 1.807) is 42.9 Å². The van der Waals surface area contributed by atoms with Crippen molar-refractivity contribution in [3.8, 4) is 11.3 Å². The smallest absolute Gasteiger partial charge is 0.408 e. The Balaban J connectivity index is 1.45. The first-order valence-corrected chi connectivity index (χ1v) is 8.41. The number of pyridine rings is 2. The third kappa shape index (κ3) is 3.62. The fraction of sp³-hybridized carbons (Fsp3) is 0.100. The van der Waals surface area contributed by atoms with Gasteiger partial charge in [0.25, 0.3) is 0 Å². The van der Waals surface area contributed by atoms with E-state index in [-0.39, 0.29) is 12.5 Å². The summed E-state index contributed by atoms with van der Waals surface area (Å²) in [4.78, 5) is 32.7. The lowest BCUT2D eigenvalue weighted by Crippen LogP contribution is -2.30. The van der Waals surface area contributed by atoms with Gasteiger partial charge in [-0.1, -0.05) is 12.1 Å². The minimum atomic E-state index is -0.547. The molecule has 1 N–H and O–H groups in total. The van der Waals surface area contributed by atoms with Crippen molar-refractivity contribution in [2.75, 3.05) is 0 Å². The fourth-order valence-corrected chi connectivity index (χ4v) is 2.82. The summed E-state index contributed by atoms with van der Waals surface area (Å²) in [5.74, 6) is -0.822. The summed E-state index contributed by atoms with van der Waals surface area (Å²) in [6, 6.07) is 14.5. The van der Waals surface area contributed by atoms with E-state index in [1.807, 2.05) is 24.3 Å². The van der Waals surface area contributed by atoms with Crippen molar-refractivity contribution < 1.29 is 9.21 Å². The molecule has 0 bridgehead atoms. The van der Waals surface area contributed by atoms with Crippen LogP contribution >= 0.6 is 0 Å². The van der Waals surface area contributed by atoms with Crippen LogP contribution in [-0.2, 0) is 17.9 Å². The second kappa shape index (κ2) is 7.25. The van der Waals surface area contributed by atoms with E-state index >= 15 is 0 Å². The predicted octanol–water partition coefficient (Wildman–Crippen LogP) is 2.37. The second-order valence-corrected chi connectivity index (χ2v) is 5.99. The maximum Gasteiger partial charge on any atom is 0.420 e. The van der Waals surface area contributed by atoms with Gasteiger partial charge in [0, 0.05) is 30.7 Å². The Morgan fingerprint density at radius 3 is 2.85 bits per heavy atom. The topological polar surface area (TPSA) is 90.0 Å². The standard InChI is InChI=1S/C20H16N4O3/c25-19(13-24-17-5-1-2-6-18(17)27-20(24)26)23-11-14-7-9-22-16(10-14)15-4-3-8-21-12-15/h1-10,12H,11,13H2,(H,23,25). The molecule has 4 rings (SSSR count). The lowest BCUT2D eigenvalue weighted by Gasteiger charge is -2.07. The van der Waals surface area contributed by atoms with Crippen molar-refractivity contribution in [3.05, 3.63) is 83.2 Å². The Hall–Kier alpha value is -3.74. The van der Waals surface area contributed by atoms with Crippen molar-refractivity contribution in [1.29, 1.82) is 0 Å². The Kier molecular flexibility index (Phi) is 4.49. The van der Waals surface area contributed by atoms with Gasteiger partial charge in [0.05, 0.1) is 11.2 Å². The summed E-state index contributed by atoms with van der Waals surface area (Å²) in [5.41, 5.74) is 3.65. The van der Waals surface area contributed by atoms with Gasteiger partial charge >= 0.3 is 5.76 Å². The first kappa shape index (κ1) is 16.7. The molecule has 0 aliphatic carbocycles. The summed E-state index contributed by atoms with van der Waals surface area (Å²) in [7, 11) is 0. The molecule has 0 radical (unpaired) electrons. The van der Waals surface area contributed by atoms with Crippen LogP contribution in [0.2, 0.25) is 0 Å². The monoisotopic (exact) mass is 360 g/mol. The summed E-state index contributed by atoms with van der Waals surface area (Å²) < 4.78 is 6.46. The van der Waals surface area contributed by atoms with Gasteiger partial charge < -0.3 is 9.73 Å². The molecule has 7 nitrogen and oxygen atoms in total. The molecule has 0 spiro atoms. The highest BCUT2D eigenvalue weighted by molar-refractivity contribution is 5.79. The third-order valence-corrected chi connectivity index (χ3v) is 4.15. The quantitative estimate of drug-likeness (QED) is 0.590. The number of aromatic nitrogens is 3. The van der Waals surface area contributed by atoms with Crippen LogP contribution in [0.25, 0.3) is 22.4 Å². The van der Waals surface area contributed by atoms with Crippen molar-refractivity contribution in [2.45, 2.75) is 13.1 Å². The Labute approximate surface area is 154 Å². The van der Waals surface area contributed by atoms with Gasteiger partial charge in [-0.05, 0) is 42.0 Å². The molecule has 1 amide bonds. The lowest BCUT2D eigenvalue weighted by molar-refractivity contribution is -0.121. The fourth-order valence-electron chi connectivity index (χ4n) is 2.82. The van der Waals surface area contributed by atoms with Crippen LogP contribution in [0.3, 0.4) is 0 Å². The highest BCUT2D eigenvalue weighted by Gasteiger charge is 2.12. The van der Waals surface area contributed by atoms with Crippen molar-refractivity contribution in [1.82, 2.24) is 19.9 Å². The van der Waals surface area contributed by atoms with Crippen LogP contribution in [0.15, 0.2) is 76.3 Å². The Morgan fingerprint density at radius 2 is 2.00 bits per heavy atom. The van der Waals surface area contributed by atoms with Gasteiger partial charge in [0.15, 0.2) is 5.58 Å². The first-order valence-electron chi connectivity index (χ1n) is 8.41. The predicted molar refractivity (Wildman–Crippen MR) is 99.8 cm³/mol. The molecule has 0 saturated carbocycles. The van der Waals surface area contributed by atoms with Crippen LogP contribution in [0.5, 0.6) is 0 Å². The summed E-state index contributed by atoms with van der Waals surface area (Å²) in [5, 5.41) is 2.82. The summed E-state index contributed by atoms with van der Waals surface area (Å²) >= 11 is 0. The molecular weight excluding hydrogens is 344 g/mol. The molecule has 3 aromatic heterocycles. The molecule has 3 heterocycles. The zero-order chi connectivity index (χ0) is 18.6. The van der Waals surface area contributed by atoms with E-state index in [0.29, 0.717) is 17.6 Å². The Bertz CT molecular complexity index is 1150. The average molecular weight is 360 g/mol. The number of para-hydroxylation sites is 2. The molecule has 27 heavy (non-hydrogen) atoms. The second-order valence-electron chi connectivity index (χ2n) is 5.99. The van der Waals surface area contributed by atoms with E-state index in [2.05, 4.69) is 15.3 Å². The molecule has 0 aliphatic heterocycles. The summed E-state index contributed by atoms with van der Waals surface area (Å²) in [6.07, 6.45) is 5.13. The largest absolute Gasteiger partial charge is 0.420 e. The molecule has 134 valence electrons. The van der Waals surface area contributed by atoms with Gasteiger partial charge in [-0.15, -0.1) is 0 Å². The maximum atomic E-state index is 12.3. The number of carbonyl (C=O) groups excluding carboxylic acids is 1. The number of nitrogens with one attached hydrogen (secondary N) is 1. The van der Waals surface area contributed by atoms with E-state index < -0.39 is 5.76 Å². The van der Waals surface area contributed by atoms with Gasteiger partial charge in [-0.25, -0.2) is 4.79 Å². The molecule has 0 saturated heterocycles. The maximum absolute atomic E-state index is 12.3. The number of oxazole rings is 1. The highest BCUT2D eigenvalue weighted by Crippen LogP contribution is 2.16. The van der Waals surface area contributed by atoms with Crippen LogP contribution in [0.1, 0.15) is 5.56 Å². The average Bonchev–Trinajstić information content (AvgIpc) is 3.02. The van der Waals surface area contributed by atoms with Crippen molar-refractivity contribution in [2.24, 2.45) is 0 Å². The van der Waals surface area contributed by atoms with Crippen LogP contribution < -0.4 is 11.1 Å². The van der Waals surface area contributed by atoms with Gasteiger partial charge in [-0.3, -0.25) is 19.3 Å². The normalized spacial score (nSPS) is 10.8. The highest BCUT2D eigenvalue weighted by atomic mass is 16.4. The minimum absolute atomic E-state index is 0.101.